The van der Waals surface area contributed by atoms with Gasteiger partial charge in [-0.3, -0.25) is 4.79 Å². The van der Waals surface area contributed by atoms with Crippen molar-refractivity contribution in [3.63, 3.8) is 0 Å². The molecule has 0 saturated carbocycles. The number of carbonyl (C=O) groups excluding carboxylic acids is 1. The molecular formula is C11H8Cl2N2O. The molecule has 0 saturated heterocycles. The number of benzene rings is 1. The van der Waals surface area contributed by atoms with Gasteiger partial charge in [0.2, 0.25) is 0 Å². The van der Waals surface area contributed by atoms with E-state index in [-0.39, 0.29) is 11.1 Å². The number of amides is 1. The molecule has 5 heteroatoms. The molecule has 2 aromatic rings. The van der Waals surface area contributed by atoms with Crippen molar-refractivity contribution in [2.24, 2.45) is 0 Å². The minimum Gasteiger partial charge on any atom is -0.340 e. The Morgan fingerprint density at radius 1 is 1.19 bits per heavy atom. The summed E-state index contributed by atoms with van der Waals surface area (Å²) in [6.45, 7) is 0. The molecule has 1 heterocycles. The highest BCUT2D eigenvalue weighted by molar-refractivity contribution is 6.41. The lowest BCUT2D eigenvalue weighted by Gasteiger charge is -2.02. The second kappa shape index (κ2) is 4.60. The fraction of sp³-hybridized carbons (Fsp3) is 0. The number of anilines is 1. The van der Waals surface area contributed by atoms with Crippen molar-refractivity contribution in [2.45, 2.75) is 0 Å². The zero-order valence-corrected chi connectivity index (χ0v) is 9.64. The molecule has 0 spiro atoms. The average Bonchev–Trinajstić information content (AvgIpc) is 2.61. The van der Waals surface area contributed by atoms with Crippen LogP contribution in [-0.4, -0.2) is 10.9 Å². The highest BCUT2D eigenvalue weighted by Crippen LogP contribution is 2.22. The molecule has 16 heavy (non-hydrogen) atoms. The number of carbonyl (C=O) groups is 1. The Kier molecular flexibility index (Phi) is 3.17. The van der Waals surface area contributed by atoms with Crippen molar-refractivity contribution < 1.29 is 4.79 Å². The first-order valence-electron chi connectivity index (χ1n) is 4.57. The Bertz CT molecular complexity index is 488. The highest BCUT2D eigenvalue weighted by atomic mass is 35.5. The Labute approximate surface area is 102 Å². The van der Waals surface area contributed by atoms with Gasteiger partial charge in [0, 0.05) is 5.69 Å². The molecule has 0 fully saturated rings. The van der Waals surface area contributed by atoms with Crippen molar-refractivity contribution in [3.05, 3.63) is 52.3 Å². The van der Waals surface area contributed by atoms with Crippen LogP contribution in [0.25, 0.3) is 0 Å². The molecule has 3 nitrogen and oxygen atoms in total. The van der Waals surface area contributed by atoms with Crippen LogP contribution in [0.5, 0.6) is 0 Å². The van der Waals surface area contributed by atoms with Gasteiger partial charge in [-0.1, -0.05) is 41.4 Å². The molecular weight excluding hydrogens is 247 g/mol. The van der Waals surface area contributed by atoms with Crippen molar-refractivity contribution in [1.29, 1.82) is 0 Å². The van der Waals surface area contributed by atoms with Crippen LogP contribution in [0.1, 0.15) is 10.5 Å². The van der Waals surface area contributed by atoms with Gasteiger partial charge in [-0.25, -0.2) is 0 Å². The number of hydrogen-bond acceptors (Lipinski definition) is 1. The highest BCUT2D eigenvalue weighted by Gasteiger charge is 2.11. The molecule has 0 atom stereocenters. The summed E-state index contributed by atoms with van der Waals surface area (Å²) < 4.78 is 0. The molecule has 2 rings (SSSR count). The normalized spacial score (nSPS) is 10.1. The van der Waals surface area contributed by atoms with E-state index in [4.69, 9.17) is 23.2 Å². The zero-order chi connectivity index (χ0) is 11.5. The van der Waals surface area contributed by atoms with E-state index in [9.17, 15) is 4.79 Å². The maximum atomic E-state index is 11.7. The van der Waals surface area contributed by atoms with Gasteiger partial charge in [0.15, 0.2) is 0 Å². The monoisotopic (exact) mass is 254 g/mol. The summed E-state index contributed by atoms with van der Waals surface area (Å²) >= 11 is 11.4. The third-order valence-electron chi connectivity index (χ3n) is 2.00. The molecule has 2 N–H and O–H groups in total. The first-order chi connectivity index (χ1) is 7.66. The van der Waals surface area contributed by atoms with E-state index in [0.717, 1.165) is 0 Å². The molecule has 0 aliphatic heterocycles. The molecule has 1 amide bonds. The van der Waals surface area contributed by atoms with Crippen LogP contribution in [-0.2, 0) is 0 Å². The van der Waals surface area contributed by atoms with Gasteiger partial charge in [0.1, 0.15) is 10.8 Å². The minimum absolute atomic E-state index is 0.264. The van der Waals surface area contributed by atoms with Gasteiger partial charge in [0.05, 0.1) is 5.02 Å². The summed E-state index contributed by atoms with van der Waals surface area (Å²) in [6.07, 6.45) is 0. The lowest BCUT2D eigenvalue weighted by atomic mass is 10.3. The maximum absolute atomic E-state index is 11.7. The fourth-order valence-electron chi connectivity index (χ4n) is 1.25. The number of hydrogen-bond donors (Lipinski definition) is 2. The van der Waals surface area contributed by atoms with E-state index in [1.54, 1.807) is 12.1 Å². The Balaban J connectivity index is 2.15. The van der Waals surface area contributed by atoms with Crippen LogP contribution in [0, 0.1) is 0 Å². The van der Waals surface area contributed by atoms with Crippen LogP contribution < -0.4 is 5.32 Å². The quantitative estimate of drug-likeness (QED) is 0.846. The number of halogens is 2. The lowest BCUT2D eigenvalue weighted by molar-refractivity contribution is 0.102. The number of nitrogens with one attached hydrogen (secondary N) is 2. The van der Waals surface area contributed by atoms with E-state index in [0.29, 0.717) is 16.4 Å². The molecule has 1 aromatic carbocycles. The third kappa shape index (κ3) is 2.38. The molecule has 0 aliphatic carbocycles. The topological polar surface area (TPSA) is 44.9 Å². The average molecular weight is 255 g/mol. The smallest absolute Gasteiger partial charge is 0.272 e. The number of para-hydroxylation sites is 1. The van der Waals surface area contributed by atoms with E-state index in [1.807, 2.05) is 18.2 Å². The summed E-state index contributed by atoms with van der Waals surface area (Å²) in [5.74, 6) is -0.278. The van der Waals surface area contributed by atoms with Crippen molar-refractivity contribution >= 4 is 34.8 Å². The van der Waals surface area contributed by atoms with Gasteiger partial charge >= 0.3 is 0 Å². The lowest BCUT2D eigenvalue weighted by Crippen LogP contribution is -2.11. The number of H-pyrrole nitrogens is 1. The molecule has 0 bridgehead atoms. The predicted octanol–water partition coefficient (Wildman–Crippen LogP) is 3.57. The van der Waals surface area contributed by atoms with Crippen LogP contribution in [0.3, 0.4) is 0 Å². The second-order valence-corrected chi connectivity index (χ2v) is 3.95. The largest absolute Gasteiger partial charge is 0.340 e. The second-order valence-electron chi connectivity index (χ2n) is 3.17. The van der Waals surface area contributed by atoms with Crippen molar-refractivity contribution in [1.82, 2.24) is 4.98 Å². The molecule has 0 unspecified atom stereocenters. The summed E-state index contributed by atoms with van der Waals surface area (Å²) in [4.78, 5) is 14.4. The number of rotatable bonds is 2. The Morgan fingerprint density at radius 3 is 2.44 bits per heavy atom. The SMILES string of the molecule is O=C(Nc1ccccc1)c1cc(Cl)c(Cl)[nH]1. The standard InChI is InChI=1S/C11H8Cl2N2O/c12-8-6-9(15-10(8)13)11(16)14-7-4-2-1-3-5-7/h1-6,15H,(H,14,16). The van der Waals surface area contributed by atoms with E-state index >= 15 is 0 Å². The molecule has 1 aromatic heterocycles. The van der Waals surface area contributed by atoms with Gasteiger partial charge < -0.3 is 10.3 Å². The third-order valence-corrected chi connectivity index (χ3v) is 2.69. The predicted molar refractivity (Wildman–Crippen MR) is 65.2 cm³/mol. The maximum Gasteiger partial charge on any atom is 0.272 e. The van der Waals surface area contributed by atoms with E-state index < -0.39 is 0 Å². The zero-order valence-electron chi connectivity index (χ0n) is 8.13. The van der Waals surface area contributed by atoms with Crippen LogP contribution in [0.4, 0.5) is 5.69 Å². The Hall–Kier alpha value is -1.45. The van der Waals surface area contributed by atoms with E-state index in [1.165, 1.54) is 6.07 Å². The molecule has 0 aliphatic rings. The van der Waals surface area contributed by atoms with Gasteiger partial charge in [-0.05, 0) is 18.2 Å². The van der Waals surface area contributed by atoms with Gasteiger partial charge in [-0.15, -0.1) is 0 Å². The first kappa shape index (κ1) is 11.0. The van der Waals surface area contributed by atoms with Crippen molar-refractivity contribution in [2.75, 3.05) is 5.32 Å². The van der Waals surface area contributed by atoms with E-state index in [2.05, 4.69) is 10.3 Å². The first-order valence-corrected chi connectivity index (χ1v) is 5.33. The summed E-state index contributed by atoms with van der Waals surface area (Å²) in [6, 6.07) is 10.6. The Morgan fingerprint density at radius 2 is 1.88 bits per heavy atom. The van der Waals surface area contributed by atoms with Crippen LogP contribution in [0.15, 0.2) is 36.4 Å². The van der Waals surface area contributed by atoms with Crippen LogP contribution >= 0.6 is 23.2 Å². The number of aromatic nitrogens is 1. The summed E-state index contributed by atoms with van der Waals surface area (Å²) in [7, 11) is 0. The minimum atomic E-state index is -0.278. The number of aromatic amines is 1. The van der Waals surface area contributed by atoms with Crippen LogP contribution in [0.2, 0.25) is 10.2 Å². The summed E-state index contributed by atoms with van der Waals surface area (Å²) in [5.41, 5.74) is 1.05. The fourth-order valence-corrected chi connectivity index (χ4v) is 1.56. The van der Waals surface area contributed by atoms with Crippen molar-refractivity contribution in [3.8, 4) is 0 Å². The van der Waals surface area contributed by atoms with Gasteiger partial charge in [0.25, 0.3) is 5.91 Å². The molecule has 82 valence electrons. The van der Waals surface area contributed by atoms with Gasteiger partial charge in [-0.2, -0.15) is 0 Å². The molecule has 0 radical (unpaired) electrons. The summed E-state index contributed by atoms with van der Waals surface area (Å²) in [5, 5.41) is 3.31.